The Bertz CT molecular complexity index is 798. The molecule has 0 spiro atoms. The summed E-state index contributed by atoms with van der Waals surface area (Å²) in [6.07, 6.45) is 0.835. The number of hydrogen-bond acceptors (Lipinski definition) is 5. The molecular weight excluding hydrogens is 298 g/mol. The fourth-order valence-electron chi connectivity index (χ4n) is 2.76. The zero-order valence-corrected chi connectivity index (χ0v) is 12.2. The van der Waals surface area contributed by atoms with Crippen LogP contribution in [0.2, 0.25) is 0 Å². The Morgan fingerprint density at radius 2 is 2.26 bits per heavy atom. The Labute approximate surface area is 131 Å². The van der Waals surface area contributed by atoms with Crippen molar-refractivity contribution in [2.24, 2.45) is 0 Å². The molecule has 0 aliphatic carbocycles. The molecule has 0 radical (unpaired) electrons. The Balaban J connectivity index is 1.55. The van der Waals surface area contributed by atoms with Crippen LogP contribution in [-0.2, 0) is 17.8 Å². The van der Waals surface area contributed by atoms with E-state index in [2.05, 4.69) is 26.1 Å². The first-order valence-corrected chi connectivity index (χ1v) is 7.35. The van der Waals surface area contributed by atoms with Crippen LogP contribution in [0.1, 0.15) is 21.7 Å². The molecule has 0 saturated heterocycles. The molecule has 0 saturated carbocycles. The van der Waals surface area contributed by atoms with E-state index in [0.29, 0.717) is 29.4 Å². The van der Waals surface area contributed by atoms with Gasteiger partial charge in [0.2, 0.25) is 0 Å². The number of ether oxygens (including phenoxy) is 1. The number of amides is 2. The molecule has 118 valence electrons. The molecule has 1 aromatic carbocycles. The summed E-state index contributed by atoms with van der Waals surface area (Å²) in [7, 11) is 0. The van der Waals surface area contributed by atoms with E-state index in [4.69, 9.17) is 4.74 Å². The lowest BCUT2D eigenvalue weighted by Crippen LogP contribution is -2.26. The number of fused-ring (bicyclic) bond motifs is 2. The third kappa shape index (κ3) is 2.53. The standard InChI is InChI=1S/C15H15N5O3/c21-13-7-23-12-5-8(1-2-11(12)18-13)17-15(22)14-9-6-16-4-3-10(9)19-20-14/h1-2,5,16H,3-4,6-7H2,(H,17,22)(H,18,21)(H,19,20). The monoisotopic (exact) mass is 313 g/mol. The van der Waals surface area contributed by atoms with Crippen molar-refractivity contribution < 1.29 is 14.3 Å². The summed E-state index contributed by atoms with van der Waals surface area (Å²) in [5, 5.41) is 15.8. The molecule has 2 aromatic rings. The fourth-order valence-corrected chi connectivity index (χ4v) is 2.76. The Morgan fingerprint density at radius 3 is 3.17 bits per heavy atom. The molecule has 1 aromatic heterocycles. The SMILES string of the molecule is O=C1COc2cc(NC(=O)c3n[nH]c4c3CNCC4)ccc2N1. The van der Waals surface area contributed by atoms with Crippen LogP contribution in [0.25, 0.3) is 0 Å². The molecule has 0 unspecified atom stereocenters. The van der Waals surface area contributed by atoms with E-state index in [0.717, 1.165) is 24.2 Å². The smallest absolute Gasteiger partial charge is 0.276 e. The number of aromatic nitrogens is 2. The van der Waals surface area contributed by atoms with Gasteiger partial charge in [-0.3, -0.25) is 14.7 Å². The van der Waals surface area contributed by atoms with Crippen LogP contribution >= 0.6 is 0 Å². The second-order valence-corrected chi connectivity index (χ2v) is 5.46. The average molecular weight is 313 g/mol. The maximum Gasteiger partial charge on any atom is 0.276 e. The molecule has 8 nitrogen and oxygen atoms in total. The second kappa shape index (κ2) is 5.40. The fraction of sp³-hybridized carbons (Fsp3) is 0.267. The highest BCUT2D eigenvalue weighted by atomic mass is 16.5. The van der Waals surface area contributed by atoms with Gasteiger partial charge >= 0.3 is 0 Å². The van der Waals surface area contributed by atoms with Crippen LogP contribution in [-0.4, -0.2) is 35.2 Å². The number of benzene rings is 1. The van der Waals surface area contributed by atoms with Gasteiger partial charge < -0.3 is 20.7 Å². The number of carbonyl (C=O) groups is 2. The van der Waals surface area contributed by atoms with Gasteiger partial charge in [-0.15, -0.1) is 0 Å². The second-order valence-electron chi connectivity index (χ2n) is 5.46. The van der Waals surface area contributed by atoms with E-state index in [1.807, 2.05) is 0 Å². The molecule has 4 rings (SSSR count). The van der Waals surface area contributed by atoms with Crippen molar-refractivity contribution in [3.05, 3.63) is 35.2 Å². The minimum atomic E-state index is -0.272. The van der Waals surface area contributed by atoms with E-state index in [1.165, 1.54) is 0 Å². The van der Waals surface area contributed by atoms with Crippen molar-refractivity contribution in [1.82, 2.24) is 15.5 Å². The summed E-state index contributed by atoms with van der Waals surface area (Å²) in [5.41, 5.74) is 3.51. The first kappa shape index (κ1) is 13.8. The molecule has 0 fully saturated rings. The van der Waals surface area contributed by atoms with Gasteiger partial charge in [0.25, 0.3) is 11.8 Å². The molecule has 0 bridgehead atoms. The molecule has 8 heteroatoms. The highest BCUT2D eigenvalue weighted by Gasteiger charge is 2.22. The molecular formula is C15H15N5O3. The van der Waals surface area contributed by atoms with E-state index >= 15 is 0 Å². The summed E-state index contributed by atoms with van der Waals surface area (Å²) in [5.74, 6) is 0.0732. The molecule has 2 aliphatic rings. The van der Waals surface area contributed by atoms with Crippen LogP contribution in [0, 0.1) is 0 Å². The van der Waals surface area contributed by atoms with Gasteiger partial charge in [0.15, 0.2) is 12.3 Å². The summed E-state index contributed by atoms with van der Waals surface area (Å²) < 4.78 is 5.34. The maximum absolute atomic E-state index is 12.4. The van der Waals surface area contributed by atoms with Crippen molar-refractivity contribution in [3.8, 4) is 5.75 Å². The topological polar surface area (TPSA) is 108 Å². The first-order valence-electron chi connectivity index (χ1n) is 7.35. The van der Waals surface area contributed by atoms with Crippen LogP contribution in [0.5, 0.6) is 5.75 Å². The number of nitrogens with zero attached hydrogens (tertiary/aromatic N) is 1. The average Bonchev–Trinajstić information content (AvgIpc) is 2.99. The molecule has 2 aliphatic heterocycles. The first-order chi connectivity index (χ1) is 11.2. The lowest BCUT2D eigenvalue weighted by molar-refractivity contribution is -0.118. The lowest BCUT2D eigenvalue weighted by Gasteiger charge is -2.18. The largest absolute Gasteiger partial charge is 0.482 e. The van der Waals surface area contributed by atoms with Gasteiger partial charge in [-0.1, -0.05) is 0 Å². The van der Waals surface area contributed by atoms with Crippen LogP contribution < -0.4 is 20.7 Å². The number of aromatic amines is 1. The number of carbonyl (C=O) groups excluding carboxylic acids is 2. The van der Waals surface area contributed by atoms with Crippen LogP contribution in [0.15, 0.2) is 18.2 Å². The summed E-state index contributed by atoms with van der Waals surface area (Å²) >= 11 is 0. The van der Waals surface area contributed by atoms with Gasteiger partial charge in [0, 0.05) is 42.5 Å². The van der Waals surface area contributed by atoms with Crippen molar-refractivity contribution in [3.63, 3.8) is 0 Å². The highest BCUT2D eigenvalue weighted by Crippen LogP contribution is 2.30. The quantitative estimate of drug-likeness (QED) is 0.651. The van der Waals surface area contributed by atoms with Crippen molar-refractivity contribution in [1.29, 1.82) is 0 Å². The third-order valence-corrected chi connectivity index (χ3v) is 3.89. The van der Waals surface area contributed by atoms with Gasteiger partial charge in [-0.25, -0.2) is 0 Å². The number of nitrogens with one attached hydrogen (secondary N) is 4. The van der Waals surface area contributed by atoms with Crippen molar-refractivity contribution >= 4 is 23.2 Å². The maximum atomic E-state index is 12.4. The van der Waals surface area contributed by atoms with Gasteiger partial charge in [-0.2, -0.15) is 5.10 Å². The summed E-state index contributed by atoms with van der Waals surface area (Å²) in [6.45, 7) is 1.49. The summed E-state index contributed by atoms with van der Waals surface area (Å²) in [4.78, 5) is 23.7. The van der Waals surface area contributed by atoms with Gasteiger partial charge in [0.05, 0.1) is 5.69 Å². The van der Waals surface area contributed by atoms with E-state index in [1.54, 1.807) is 18.2 Å². The predicted molar refractivity (Wildman–Crippen MR) is 82.5 cm³/mol. The van der Waals surface area contributed by atoms with Gasteiger partial charge in [0.1, 0.15) is 5.75 Å². The number of H-pyrrole nitrogens is 1. The van der Waals surface area contributed by atoms with E-state index < -0.39 is 0 Å². The van der Waals surface area contributed by atoms with Crippen LogP contribution in [0.3, 0.4) is 0 Å². The molecule has 0 atom stereocenters. The molecule has 3 heterocycles. The predicted octanol–water partition coefficient (Wildman–Crippen LogP) is 0.639. The minimum Gasteiger partial charge on any atom is -0.482 e. The van der Waals surface area contributed by atoms with Crippen molar-refractivity contribution in [2.75, 3.05) is 23.8 Å². The number of hydrogen-bond donors (Lipinski definition) is 4. The zero-order valence-electron chi connectivity index (χ0n) is 12.2. The number of rotatable bonds is 2. The summed E-state index contributed by atoms with van der Waals surface area (Å²) in [6, 6.07) is 5.09. The Hall–Kier alpha value is -2.87. The van der Waals surface area contributed by atoms with E-state index in [-0.39, 0.29) is 18.4 Å². The lowest BCUT2D eigenvalue weighted by atomic mass is 10.1. The molecule has 23 heavy (non-hydrogen) atoms. The minimum absolute atomic E-state index is 0.0249. The molecule has 2 amide bonds. The highest BCUT2D eigenvalue weighted by molar-refractivity contribution is 6.04. The Kier molecular flexibility index (Phi) is 3.23. The van der Waals surface area contributed by atoms with Crippen molar-refractivity contribution in [2.45, 2.75) is 13.0 Å². The van der Waals surface area contributed by atoms with E-state index in [9.17, 15) is 9.59 Å². The van der Waals surface area contributed by atoms with Gasteiger partial charge in [-0.05, 0) is 12.1 Å². The normalized spacial score (nSPS) is 15.9. The Morgan fingerprint density at radius 1 is 1.35 bits per heavy atom. The molecule has 4 N–H and O–H groups in total. The van der Waals surface area contributed by atoms with Crippen LogP contribution in [0.4, 0.5) is 11.4 Å². The zero-order chi connectivity index (χ0) is 15.8. The third-order valence-electron chi connectivity index (χ3n) is 3.89. The number of anilines is 2.